The van der Waals surface area contributed by atoms with Crippen molar-refractivity contribution in [1.82, 2.24) is 10.7 Å². The largest absolute Gasteiger partial charge is 0.317 e. The van der Waals surface area contributed by atoms with Crippen LogP contribution in [0.2, 0.25) is 10.0 Å². The summed E-state index contributed by atoms with van der Waals surface area (Å²) >= 11 is 12.2. The van der Waals surface area contributed by atoms with Gasteiger partial charge >= 0.3 is 0 Å². The van der Waals surface area contributed by atoms with Gasteiger partial charge in [-0.15, -0.1) is 0 Å². The summed E-state index contributed by atoms with van der Waals surface area (Å²) in [5.41, 5.74) is 4.08. The number of halogens is 2. The molecule has 7 heteroatoms. The lowest BCUT2D eigenvalue weighted by Gasteiger charge is -2.09. The molecule has 3 aromatic rings. The molecule has 0 aliphatic rings. The van der Waals surface area contributed by atoms with Crippen molar-refractivity contribution in [3.63, 3.8) is 0 Å². The van der Waals surface area contributed by atoms with Gasteiger partial charge in [0.2, 0.25) is 0 Å². The molecule has 0 aliphatic carbocycles. The van der Waals surface area contributed by atoms with E-state index in [0.29, 0.717) is 21.2 Å². The SMILES string of the molecule is O=C(NN=Cc1c(Cl)cccc1Cl)C(=Cc1ccccc1)NC(=O)c1ccccc1. The molecule has 2 N–H and O–H groups in total. The summed E-state index contributed by atoms with van der Waals surface area (Å²) in [7, 11) is 0. The maximum Gasteiger partial charge on any atom is 0.287 e. The van der Waals surface area contributed by atoms with Gasteiger partial charge < -0.3 is 5.32 Å². The lowest BCUT2D eigenvalue weighted by atomic mass is 10.1. The molecule has 0 saturated carbocycles. The van der Waals surface area contributed by atoms with Crippen LogP contribution in [0, 0.1) is 0 Å². The summed E-state index contributed by atoms with van der Waals surface area (Å²) in [5, 5.41) is 7.36. The van der Waals surface area contributed by atoms with Crippen molar-refractivity contribution < 1.29 is 9.59 Å². The van der Waals surface area contributed by atoms with Gasteiger partial charge in [-0.3, -0.25) is 9.59 Å². The summed E-state index contributed by atoms with van der Waals surface area (Å²) in [4.78, 5) is 25.2. The Morgan fingerprint density at radius 3 is 2.03 bits per heavy atom. The Morgan fingerprint density at radius 1 is 0.800 bits per heavy atom. The summed E-state index contributed by atoms with van der Waals surface area (Å²) in [6.07, 6.45) is 2.91. The van der Waals surface area contributed by atoms with Crippen LogP contribution in [0.15, 0.2) is 89.7 Å². The van der Waals surface area contributed by atoms with Crippen LogP contribution in [0.25, 0.3) is 6.08 Å². The van der Waals surface area contributed by atoms with Crippen molar-refractivity contribution in [2.45, 2.75) is 0 Å². The first kappa shape index (κ1) is 21.3. The van der Waals surface area contributed by atoms with Crippen LogP contribution < -0.4 is 10.7 Å². The normalized spacial score (nSPS) is 11.3. The number of nitrogens with zero attached hydrogens (tertiary/aromatic N) is 1. The monoisotopic (exact) mass is 437 g/mol. The molecular formula is C23H17Cl2N3O2. The first-order chi connectivity index (χ1) is 14.5. The number of amides is 2. The predicted octanol–water partition coefficient (Wildman–Crippen LogP) is 4.91. The first-order valence-corrected chi connectivity index (χ1v) is 9.71. The highest BCUT2D eigenvalue weighted by molar-refractivity contribution is 6.38. The van der Waals surface area contributed by atoms with Crippen molar-refractivity contribution in [1.29, 1.82) is 0 Å². The smallest absolute Gasteiger partial charge is 0.287 e. The molecule has 0 spiro atoms. The molecule has 0 radical (unpaired) electrons. The topological polar surface area (TPSA) is 70.6 Å². The number of carbonyl (C=O) groups is 2. The van der Waals surface area contributed by atoms with Crippen LogP contribution in [-0.2, 0) is 4.79 Å². The van der Waals surface area contributed by atoms with E-state index in [2.05, 4.69) is 15.8 Å². The van der Waals surface area contributed by atoms with E-state index >= 15 is 0 Å². The molecule has 3 aromatic carbocycles. The van der Waals surface area contributed by atoms with Crippen molar-refractivity contribution in [3.8, 4) is 0 Å². The standard InChI is InChI=1S/C23H17Cl2N3O2/c24-19-12-7-13-20(25)18(19)15-26-28-23(30)21(14-16-8-3-1-4-9-16)27-22(29)17-10-5-2-6-11-17/h1-15H,(H,27,29)(H,28,30). The number of hydrazone groups is 1. The molecule has 0 aromatic heterocycles. The maximum atomic E-state index is 12.7. The molecule has 2 amide bonds. The Balaban J connectivity index is 1.81. The van der Waals surface area contributed by atoms with Gasteiger partial charge in [0.25, 0.3) is 11.8 Å². The number of hydrogen-bond donors (Lipinski definition) is 2. The minimum Gasteiger partial charge on any atom is -0.317 e. The second-order valence-corrected chi connectivity index (χ2v) is 6.94. The minimum atomic E-state index is -0.595. The highest BCUT2D eigenvalue weighted by atomic mass is 35.5. The molecule has 30 heavy (non-hydrogen) atoms. The quantitative estimate of drug-likeness (QED) is 0.326. The molecule has 3 rings (SSSR count). The molecule has 0 atom stereocenters. The van der Waals surface area contributed by atoms with Crippen LogP contribution in [0.1, 0.15) is 21.5 Å². The molecule has 0 saturated heterocycles. The minimum absolute atomic E-state index is 0.0393. The molecule has 0 aliphatic heterocycles. The molecule has 5 nitrogen and oxygen atoms in total. The van der Waals surface area contributed by atoms with Gasteiger partial charge in [0.15, 0.2) is 0 Å². The van der Waals surface area contributed by atoms with E-state index in [1.54, 1.807) is 54.6 Å². The molecule has 0 heterocycles. The van der Waals surface area contributed by atoms with Gasteiger partial charge in [-0.1, -0.05) is 77.8 Å². The summed E-state index contributed by atoms with van der Waals surface area (Å²) in [5.74, 6) is -1.01. The average molecular weight is 438 g/mol. The van der Waals surface area contributed by atoms with Crippen molar-refractivity contribution in [3.05, 3.63) is 111 Å². The van der Waals surface area contributed by atoms with Gasteiger partial charge in [0.05, 0.1) is 16.3 Å². The van der Waals surface area contributed by atoms with Crippen molar-refractivity contribution in [2.24, 2.45) is 5.10 Å². The number of carbonyl (C=O) groups excluding carboxylic acids is 2. The fourth-order valence-corrected chi connectivity index (χ4v) is 3.00. The van der Waals surface area contributed by atoms with Crippen LogP contribution in [-0.4, -0.2) is 18.0 Å². The average Bonchev–Trinajstić information content (AvgIpc) is 2.76. The Bertz CT molecular complexity index is 1080. The molecule has 0 bridgehead atoms. The Hall–Kier alpha value is -3.41. The Labute approximate surface area is 184 Å². The van der Waals surface area contributed by atoms with Crippen molar-refractivity contribution in [2.75, 3.05) is 0 Å². The van der Waals surface area contributed by atoms with E-state index in [4.69, 9.17) is 23.2 Å². The molecule has 0 fully saturated rings. The zero-order chi connectivity index (χ0) is 21.3. The van der Waals surface area contributed by atoms with Gasteiger partial charge in [-0.05, 0) is 35.9 Å². The fraction of sp³-hybridized carbons (Fsp3) is 0. The van der Waals surface area contributed by atoms with E-state index in [9.17, 15) is 9.59 Å². The first-order valence-electron chi connectivity index (χ1n) is 8.95. The lowest BCUT2D eigenvalue weighted by Crippen LogP contribution is -2.32. The van der Waals surface area contributed by atoms with Crippen LogP contribution in [0.3, 0.4) is 0 Å². The summed E-state index contributed by atoms with van der Waals surface area (Å²) in [6.45, 7) is 0. The lowest BCUT2D eigenvalue weighted by molar-refractivity contribution is -0.117. The third-order valence-corrected chi connectivity index (χ3v) is 4.66. The zero-order valence-electron chi connectivity index (χ0n) is 15.7. The maximum absolute atomic E-state index is 12.7. The zero-order valence-corrected chi connectivity index (χ0v) is 17.2. The van der Waals surface area contributed by atoms with Crippen LogP contribution in [0.5, 0.6) is 0 Å². The van der Waals surface area contributed by atoms with E-state index in [-0.39, 0.29) is 5.70 Å². The van der Waals surface area contributed by atoms with Gasteiger partial charge in [0, 0.05) is 11.1 Å². The molecular weight excluding hydrogens is 421 g/mol. The van der Waals surface area contributed by atoms with Gasteiger partial charge in [-0.2, -0.15) is 5.10 Å². The van der Waals surface area contributed by atoms with Crippen molar-refractivity contribution >= 4 is 47.3 Å². The van der Waals surface area contributed by atoms with E-state index in [0.717, 1.165) is 5.56 Å². The van der Waals surface area contributed by atoms with E-state index < -0.39 is 11.8 Å². The summed E-state index contributed by atoms with van der Waals surface area (Å²) < 4.78 is 0. The third kappa shape index (κ3) is 5.80. The Morgan fingerprint density at radius 2 is 1.40 bits per heavy atom. The second-order valence-electron chi connectivity index (χ2n) is 6.12. The number of hydrogen-bond acceptors (Lipinski definition) is 3. The number of nitrogens with one attached hydrogen (secondary N) is 2. The van der Waals surface area contributed by atoms with Crippen LogP contribution in [0.4, 0.5) is 0 Å². The predicted molar refractivity (Wildman–Crippen MR) is 121 cm³/mol. The highest BCUT2D eigenvalue weighted by Gasteiger charge is 2.14. The second kappa shape index (κ2) is 10.4. The number of rotatable bonds is 6. The molecule has 0 unspecified atom stereocenters. The van der Waals surface area contributed by atoms with E-state index in [1.807, 2.05) is 30.3 Å². The third-order valence-electron chi connectivity index (χ3n) is 4.00. The Kier molecular flexibility index (Phi) is 7.38. The number of benzene rings is 3. The van der Waals surface area contributed by atoms with E-state index in [1.165, 1.54) is 6.21 Å². The van der Waals surface area contributed by atoms with Gasteiger partial charge in [0.1, 0.15) is 5.70 Å². The summed E-state index contributed by atoms with van der Waals surface area (Å²) in [6, 6.07) is 22.8. The van der Waals surface area contributed by atoms with Crippen LogP contribution >= 0.6 is 23.2 Å². The molecule has 150 valence electrons. The van der Waals surface area contributed by atoms with Gasteiger partial charge in [-0.25, -0.2) is 5.43 Å². The highest BCUT2D eigenvalue weighted by Crippen LogP contribution is 2.22. The fourth-order valence-electron chi connectivity index (χ4n) is 2.51.